The van der Waals surface area contributed by atoms with E-state index in [1.54, 1.807) is 0 Å². The number of hydrogen-bond acceptors (Lipinski definition) is 6. The van der Waals surface area contributed by atoms with Gasteiger partial charge in [0.1, 0.15) is 13.2 Å². The largest absolute Gasteiger partial charge is 0.462 e. The number of ether oxygens (including phenoxy) is 3. The molecule has 0 bridgehead atoms. The molecule has 0 fully saturated rings. The first kappa shape index (κ1) is 78.3. The van der Waals surface area contributed by atoms with E-state index >= 15 is 0 Å². The Balaban J connectivity index is 4.36. The summed E-state index contributed by atoms with van der Waals surface area (Å²) in [6, 6.07) is 0. The normalized spacial score (nSPS) is 13.0. The predicted molar refractivity (Wildman–Crippen MR) is 362 cm³/mol. The van der Waals surface area contributed by atoms with Crippen LogP contribution in [0.1, 0.15) is 303 Å². The average molecular weight is 1150 g/mol. The molecule has 1 unspecified atom stereocenters. The number of rotatable bonds is 61. The molecule has 0 amide bonds. The van der Waals surface area contributed by atoms with Crippen molar-refractivity contribution in [2.75, 3.05) is 13.2 Å². The van der Waals surface area contributed by atoms with Gasteiger partial charge in [-0.2, -0.15) is 0 Å². The van der Waals surface area contributed by atoms with Gasteiger partial charge in [-0.1, -0.05) is 289 Å². The molecule has 0 heterocycles. The molecule has 0 aliphatic rings. The molecule has 0 saturated carbocycles. The highest BCUT2D eigenvalue weighted by Crippen LogP contribution is 2.16. The maximum atomic E-state index is 12.9. The van der Waals surface area contributed by atoms with Gasteiger partial charge in [0.05, 0.1) is 0 Å². The van der Waals surface area contributed by atoms with Gasteiger partial charge in [0.25, 0.3) is 0 Å². The molecule has 0 N–H and O–H groups in total. The molecule has 470 valence electrons. The van der Waals surface area contributed by atoms with E-state index in [1.807, 2.05) is 0 Å². The number of carbonyl (C=O) groups is 3. The number of esters is 3. The van der Waals surface area contributed by atoms with Crippen molar-refractivity contribution >= 4 is 17.9 Å². The lowest BCUT2D eigenvalue weighted by molar-refractivity contribution is -0.167. The highest BCUT2D eigenvalue weighted by molar-refractivity contribution is 5.71. The SMILES string of the molecule is CC/C=C\C/C=C\C/C=C\C/C=C\C/C=C\C/C=C\C/C=C\CCCCCCCCCC(=O)OCC(COC(=O)CCCCCCC/C=C\CCCCCC)OC(=O)CCCCCCCCCCCC/C=C\C/C=C\C/C=C\C/C=C\CC. The van der Waals surface area contributed by atoms with Crippen LogP contribution in [0.5, 0.6) is 0 Å². The molecule has 6 nitrogen and oxygen atoms in total. The molecule has 0 aromatic heterocycles. The highest BCUT2D eigenvalue weighted by atomic mass is 16.6. The topological polar surface area (TPSA) is 78.9 Å². The molecule has 0 spiro atoms. The van der Waals surface area contributed by atoms with Crippen molar-refractivity contribution in [2.45, 2.75) is 309 Å². The van der Waals surface area contributed by atoms with E-state index in [4.69, 9.17) is 14.2 Å². The Bertz CT molecular complexity index is 1800. The summed E-state index contributed by atoms with van der Waals surface area (Å²) in [5.41, 5.74) is 0. The van der Waals surface area contributed by atoms with Gasteiger partial charge in [0, 0.05) is 19.3 Å². The zero-order chi connectivity index (χ0) is 59.9. The Morgan fingerprint density at radius 1 is 0.253 bits per heavy atom. The van der Waals surface area contributed by atoms with Crippen LogP contribution in [0, 0.1) is 0 Å². The van der Waals surface area contributed by atoms with E-state index in [2.05, 4.69) is 167 Å². The minimum absolute atomic E-state index is 0.0909. The lowest BCUT2D eigenvalue weighted by Gasteiger charge is -2.18. The van der Waals surface area contributed by atoms with Crippen LogP contribution in [0.3, 0.4) is 0 Å². The Hall–Kier alpha value is -4.71. The van der Waals surface area contributed by atoms with Crippen molar-refractivity contribution in [3.05, 3.63) is 146 Å². The first-order chi connectivity index (χ1) is 41.0. The summed E-state index contributed by atoms with van der Waals surface area (Å²) >= 11 is 0. The fourth-order valence-corrected chi connectivity index (χ4v) is 9.23. The molecule has 0 saturated heterocycles. The van der Waals surface area contributed by atoms with Crippen LogP contribution in [0.2, 0.25) is 0 Å². The van der Waals surface area contributed by atoms with Gasteiger partial charge < -0.3 is 14.2 Å². The van der Waals surface area contributed by atoms with Crippen LogP contribution < -0.4 is 0 Å². The van der Waals surface area contributed by atoms with Crippen LogP contribution in [0.25, 0.3) is 0 Å². The number of unbranched alkanes of at least 4 members (excludes halogenated alkanes) is 26. The lowest BCUT2D eigenvalue weighted by atomic mass is 10.0. The second-order valence-electron chi connectivity index (χ2n) is 22.3. The Labute approximate surface area is 512 Å². The van der Waals surface area contributed by atoms with E-state index < -0.39 is 6.10 Å². The summed E-state index contributed by atoms with van der Waals surface area (Å²) < 4.78 is 16.9. The summed E-state index contributed by atoms with van der Waals surface area (Å²) in [6.45, 7) is 6.39. The monoisotopic (exact) mass is 1150 g/mol. The van der Waals surface area contributed by atoms with E-state index in [9.17, 15) is 14.4 Å². The van der Waals surface area contributed by atoms with Gasteiger partial charge >= 0.3 is 17.9 Å². The molecular formula is C77H126O6. The van der Waals surface area contributed by atoms with Crippen LogP contribution in [-0.4, -0.2) is 37.2 Å². The van der Waals surface area contributed by atoms with Crippen molar-refractivity contribution in [2.24, 2.45) is 0 Å². The second-order valence-corrected chi connectivity index (χ2v) is 22.3. The maximum absolute atomic E-state index is 12.9. The van der Waals surface area contributed by atoms with Crippen LogP contribution >= 0.6 is 0 Å². The molecule has 83 heavy (non-hydrogen) atoms. The third-order valence-corrected chi connectivity index (χ3v) is 14.3. The number of hydrogen-bond donors (Lipinski definition) is 0. The molecule has 0 aliphatic heterocycles. The van der Waals surface area contributed by atoms with E-state index in [1.165, 1.54) is 122 Å². The average Bonchev–Trinajstić information content (AvgIpc) is 3.49. The first-order valence-corrected chi connectivity index (χ1v) is 34.3. The van der Waals surface area contributed by atoms with E-state index in [-0.39, 0.29) is 31.1 Å². The third kappa shape index (κ3) is 68.0. The summed E-state index contributed by atoms with van der Waals surface area (Å²) in [7, 11) is 0. The van der Waals surface area contributed by atoms with Crippen molar-refractivity contribution in [1.29, 1.82) is 0 Å². The Kier molecular flexibility index (Phi) is 65.8. The van der Waals surface area contributed by atoms with Crippen LogP contribution in [0.15, 0.2) is 146 Å². The van der Waals surface area contributed by atoms with Crippen molar-refractivity contribution in [1.82, 2.24) is 0 Å². The quantitative estimate of drug-likeness (QED) is 0.0261. The standard InChI is InChI=1S/C77H126O6/c1-4-7-10-13-16-19-22-25-27-29-31-33-35-36-37-38-39-40-42-43-45-47-49-52-55-58-61-64-67-70-76(79)82-73-74(72-81-75(78)69-66-63-60-57-54-51-24-21-18-15-12-9-6-3)83-77(80)71-68-65-62-59-56-53-50-48-46-44-41-34-32-30-28-26-23-20-17-14-11-8-5-2/h7-8,10-11,16-17,19-21,24-28,31-34,36-37,39-40,43,45,74H,4-6,9,12-15,18,22-23,29-30,35,38,41-42,44,46-73H2,1-3H3/b10-7-,11-8-,19-16-,20-17-,24-21-,27-25-,28-26-,33-31-,34-32-,37-36-,40-39-,45-43-. The zero-order valence-corrected chi connectivity index (χ0v) is 53.9. The third-order valence-electron chi connectivity index (χ3n) is 14.3. The summed E-state index contributed by atoms with van der Waals surface area (Å²) in [5, 5.41) is 0. The van der Waals surface area contributed by atoms with Gasteiger partial charge in [-0.05, 0) is 141 Å². The number of allylic oxidation sites excluding steroid dienone is 24. The summed E-state index contributed by atoms with van der Waals surface area (Å²) in [4.78, 5) is 38.4. The summed E-state index contributed by atoms with van der Waals surface area (Å²) in [5.74, 6) is -0.910. The molecule has 0 radical (unpaired) electrons. The lowest BCUT2D eigenvalue weighted by Crippen LogP contribution is -2.30. The van der Waals surface area contributed by atoms with Crippen LogP contribution in [0.4, 0.5) is 0 Å². The fourth-order valence-electron chi connectivity index (χ4n) is 9.23. The predicted octanol–water partition coefficient (Wildman–Crippen LogP) is 23.9. The molecule has 0 rings (SSSR count). The molecule has 0 aromatic rings. The van der Waals surface area contributed by atoms with Crippen LogP contribution in [-0.2, 0) is 28.6 Å². The van der Waals surface area contributed by atoms with Crippen molar-refractivity contribution in [3.63, 3.8) is 0 Å². The smallest absolute Gasteiger partial charge is 0.306 e. The van der Waals surface area contributed by atoms with Gasteiger partial charge in [-0.3, -0.25) is 14.4 Å². The molecule has 0 aliphatic carbocycles. The Morgan fingerprint density at radius 3 is 0.747 bits per heavy atom. The molecular weight excluding hydrogens is 1020 g/mol. The zero-order valence-electron chi connectivity index (χ0n) is 53.9. The Morgan fingerprint density at radius 2 is 0.470 bits per heavy atom. The first-order valence-electron chi connectivity index (χ1n) is 34.3. The number of carbonyl (C=O) groups excluding carboxylic acids is 3. The van der Waals surface area contributed by atoms with Crippen molar-refractivity contribution in [3.8, 4) is 0 Å². The van der Waals surface area contributed by atoms with Gasteiger partial charge in [0.2, 0.25) is 0 Å². The van der Waals surface area contributed by atoms with Gasteiger partial charge in [-0.25, -0.2) is 0 Å². The molecule has 1 atom stereocenters. The van der Waals surface area contributed by atoms with Crippen molar-refractivity contribution < 1.29 is 28.6 Å². The second kappa shape index (κ2) is 69.8. The van der Waals surface area contributed by atoms with Gasteiger partial charge in [-0.15, -0.1) is 0 Å². The maximum Gasteiger partial charge on any atom is 0.306 e. The minimum atomic E-state index is -0.796. The molecule has 6 heteroatoms. The summed E-state index contributed by atoms with van der Waals surface area (Å²) in [6.07, 6.45) is 100.0. The highest BCUT2D eigenvalue weighted by Gasteiger charge is 2.19. The van der Waals surface area contributed by atoms with E-state index in [0.29, 0.717) is 19.3 Å². The van der Waals surface area contributed by atoms with Gasteiger partial charge in [0.15, 0.2) is 6.10 Å². The fraction of sp³-hybridized carbons (Fsp3) is 0.649. The molecule has 0 aromatic carbocycles. The minimum Gasteiger partial charge on any atom is -0.462 e. The van der Waals surface area contributed by atoms with E-state index in [0.717, 1.165) is 141 Å².